The van der Waals surface area contributed by atoms with E-state index >= 15 is 0 Å². The summed E-state index contributed by atoms with van der Waals surface area (Å²) in [5.41, 5.74) is 1.29. The molecule has 3 aromatic rings. The first-order chi connectivity index (χ1) is 17.6. The van der Waals surface area contributed by atoms with E-state index in [9.17, 15) is 4.79 Å². The number of hydrogen-bond donors (Lipinski definition) is 1. The van der Waals surface area contributed by atoms with E-state index in [-0.39, 0.29) is 5.91 Å². The summed E-state index contributed by atoms with van der Waals surface area (Å²) < 4.78 is 18.6. The maximum atomic E-state index is 12.8. The van der Waals surface area contributed by atoms with Crippen molar-refractivity contribution >= 4 is 34.5 Å². The smallest absolute Gasteiger partial charge is 0.251 e. The Morgan fingerprint density at radius 1 is 1.11 bits per heavy atom. The van der Waals surface area contributed by atoms with Gasteiger partial charge >= 0.3 is 0 Å². The van der Waals surface area contributed by atoms with Gasteiger partial charge in [0.25, 0.3) is 5.91 Å². The van der Waals surface area contributed by atoms with Crippen molar-refractivity contribution in [1.29, 1.82) is 0 Å². The van der Waals surface area contributed by atoms with Crippen molar-refractivity contribution in [3.8, 4) is 11.5 Å². The zero-order valence-corrected chi connectivity index (χ0v) is 22.0. The SMILES string of the molecule is CCCSc1nc(N2CCOCC2)c2cnn(CCNC(=O)c3ccc(OCC)c(OCC)c3)c2n1. The van der Waals surface area contributed by atoms with E-state index in [0.717, 1.165) is 47.3 Å². The quantitative estimate of drug-likeness (QED) is 0.288. The van der Waals surface area contributed by atoms with Gasteiger partial charge in [-0.15, -0.1) is 0 Å². The molecule has 3 heterocycles. The summed E-state index contributed by atoms with van der Waals surface area (Å²) in [6.07, 6.45) is 2.86. The van der Waals surface area contributed by atoms with Crippen LogP contribution in [0.1, 0.15) is 37.6 Å². The average Bonchev–Trinajstić information content (AvgIpc) is 3.31. The van der Waals surface area contributed by atoms with Crippen LogP contribution in [-0.2, 0) is 11.3 Å². The summed E-state index contributed by atoms with van der Waals surface area (Å²) in [5.74, 6) is 2.86. The molecule has 0 aliphatic carbocycles. The first-order valence-corrected chi connectivity index (χ1v) is 13.5. The lowest BCUT2D eigenvalue weighted by molar-refractivity contribution is 0.0951. The Morgan fingerprint density at radius 3 is 2.64 bits per heavy atom. The number of rotatable bonds is 12. The Bertz CT molecular complexity index is 1160. The Morgan fingerprint density at radius 2 is 1.89 bits per heavy atom. The third kappa shape index (κ3) is 6.19. The number of fused-ring (bicyclic) bond motifs is 1. The number of ether oxygens (including phenoxy) is 3. The minimum atomic E-state index is -0.182. The molecule has 0 bridgehead atoms. The topological polar surface area (TPSA) is 104 Å². The fourth-order valence-corrected chi connectivity index (χ4v) is 4.62. The lowest BCUT2D eigenvalue weighted by Gasteiger charge is -2.28. The van der Waals surface area contributed by atoms with E-state index in [2.05, 4.69) is 22.2 Å². The van der Waals surface area contributed by atoms with Gasteiger partial charge in [-0.1, -0.05) is 18.7 Å². The highest BCUT2D eigenvalue weighted by atomic mass is 32.2. The van der Waals surface area contributed by atoms with Gasteiger partial charge in [-0.25, -0.2) is 14.6 Å². The van der Waals surface area contributed by atoms with E-state index < -0.39 is 0 Å². The number of amides is 1. The van der Waals surface area contributed by atoms with Gasteiger partial charge in [0.2, 0.25) is 0 Å². The number of carbonyl (C=O) groups excluding carboxylic acids is 1. The van der Waals surface area contributed by atoms with Crippen molar-refractivity contribution in [2.24, 2.45) is 0 Å². The number of nitrogens with one attached hydrogen (secondary N) is 1. The molecular weight excluding hydrogens is 480 g/mol. The van der Waals surface area contributed by atoms with Crippen LogP contribution in [0, 0.1) is 0 Å². The maximum Gasteiger partial charge on any atom is 0.251 e. The van der Waals surface area contributed by atoms with E-state index in [4.69, 9.17) is 24.2 Å². The van der Waals surface area contributed by atoms with Crippen molar-refractivity contribution in [3.63, 3.8) is 0 Å². The van der Waals surface area contributed by atoms with E-state index in [0.29, 0.717) is 56.6 Å². The van der Waals surface area contributed by atoms with Gasteiger partial charge in [0.1, 0.15) is 5.82 Å². The minimum absolute atomic E-state index is 0.182. The lowest BCUT2D eigenvalue weighted by Crippen LogP contribution is -2.37. The monoisotopic (exact) mass is 514 g/mol. The summed E-state index contributed by atoms with van der Waals surface area (Å²) in [5, 5.41) is 9.21. The number of hydrogen-bond acceptors (Lipinski definition) is 9. The summed E-state index contributed by atoms with van der Waals surface area (Å²) in [6, 6.07) is 5.22. The normalized spacial score (nSPS) is 13.7. The van der Waals surface area contributed by atoms with Gasteiger partial charge in [0.05, 0.1) is 44.6 Å². The number of nitrogens with zero attached hydrogens (tertiary/aromatic N) is 5. The summed E-state index contributed by atoms with van der Waals surface area (Å²) in [4.78, 5) is 24.7. The van der Waals surface area contributed by atoms with Crippen molar-refractivity contribution in [3.05, 3.63) is 30.0 Å². The molecule has 1 saturated heterocycles. The second kappa shape index (κ2) is 12.8. The number of aromatic nitrogens is 4. The zero-order chi connectivity index (χ0) is 25.3. The first-order valence-electron chi connectivity index (χ1n) is 12.5. The fraction of sp³-hybridized carbons (Fsp3) is 0.520. The number of carbonyl (C=O) groups is 1. The molecule has 2 aromatic heterocycles. The molecular formula is C25H34N6O4S. The predicted octanol–water partition coefficient (Wildman–Crippen LogP) is 3.39. The Balaban J connectivity index is 1.48. The van der Waals surface area contributed by atoms with Crippen LogP contribution >= 0.6 is 11.8 Å². The van der Waals surface area contributed by atoms with E-state index in [1.54, 1.807) is 30.0 Å². The Kier molecular flexibility index (Phi) is 9.23. The molecule has 1 amide bonds. The second-order valence-electron chi connectivity index (χ2n) is 8.17. The summed E-state index contributed by atoms with van der Waals surface area (Å²) in [6.45, 7) is 10.8. The highest BCUT2D eigenvalue weighted by Gasteiger charge is 2.20. The third-order valence-electron chi connectivity index (χ3n) is 5.62. The zero-order valence-electron chi connectivity index (χ0n) is 21.2. The number of morpholine rings is 1. The van der Waals surface area contributed by atoms with Crippen LogP contribution in [0.3, 0.4) is 0 Å². The van der Waals surface area contributed by atoms with Crippen molar-refractivity contribution in [2.75, 3.05) is 56.7 Å². The summed E-state index contributed by atoms with van der Waals surface area (Å²) in [7, 11) is 0. The molecule has 36 heavy (non-hydrogen) atoms. The molecule has 0 saturated carbocycles. The van der Waals surface area contributed by atoms with Crippen LogP contribution in [0.5, 0.6) is 11.5 Å². The average molecular weight is 515 g/mol. The first kappa shape index (κ1) is 26.0. The highest BCUT2D eigenvalue weighted by Crippen LogP contribution is 2.29. The molecule has 0 spiro atoms. The molecule has 1 N–H and O–H groups in total. The molecule has 1 aliphatic rings. The molecule has 11 heteroatoms. The van der Waals surface area contributed by atoms with Gasteiger partial charge in [0.15, 0.2) is 22.3 Å². The molecule has 10 nitrogen and oxygen atoms in total. The van der Waals surface area contributed by atoms with Gasteiger partial charge in [-0.05, 0) is 38.5 Å². The van der Waals surface area contributed by atoms with Crippen molar-refractivity contribution in [1.82, 2.24) is 25.1 Å². The standard InChI is InChI=1S/C25H34N6O4S/c1-4-15-36-25-28-22(30-11-13-33-14-12-30)19-17-27-31(23(19)29-25)10-9-26-24(32)18-7-8-20(34-5-2)21(16-18)35-6-3/h7-8,16-17H,4-6,9-15H2,1-3H3,(H,26,32). The van der Waals surface area contributed by atoms with Crippen LogP contribution in [0.2, 0.25) is 0 Å². The van der Waals surface area contributed by atoms with Crippen LogP contribution in [0.15, 0.2) is 29.6 Å². The Labute approximate surface area is 215 Å². The predicted molar refractivity (Wildman–Crippen MR) is 140 cm³/mol. The van der Waals surface area contributed by atoms with Crippen molar-refractivity contribution in [2.45, 2.75) is 38.9 Å². The largest absolute Gasteiger partial charge is 0.490 e. The lowest BCUT2D eigenvalue weighted by atomic mass is 10.2. The summed E-state index contributed by atoms with van der Waals surface area (Å²) >= 11 is 1.65. The van der Waals surface area contributed by atoms with Gasteiger partial charge in [-0.2, -0.15) is 5.10 Å². The molecule has 194 valence electrons. The third-order valence-corrected chi connectivity index (χ3v) is 6.67. The molecule has 1 fully saturated rings. The molecule has 0 radical (unpaired) electrons. The number of thioether (sulfide) groups is 1. The van der Waals surface area contributed by atoms with Crippen LogP contribution < -0.4 is 19.7 Å². The maximum absolute atomic E-state index is 12.8. The van der Waals surface area contributed by atoms with Crippen molar-refractivity contribution < 1.29 is 19.0 Å². The van der Waals surface area contributed by atoms with Gasteiger partial charge < -0.3 is 24.4 Å². The Hall–Kier alpha value is -3.05. The van der Waals surface area contributed by atoms with Crippen LogP contribution in [0.4, 0.5) is 5.82 Å². The van der Waals surface area contributed by atoms with Gasteiger partial charge in [0, 0.05) is 31.0 Å². The molecule has 1 aliphatic heterocycles. The minimum Gasteiger partial charge on any atom is -0.490 e. The molecule has 1 aromatic carbocycles. The molecule has 0 unspecified atom stereocenters. The van der Waals surface area contributed by atoms with Crippen LogP contribution in [-0.4, -0.2) is 77.5 Å². The fourth-order valence-electron chi connectivity index (χ4n) is 3.93. The second-order valence-corrected chi connectivity index (χ2v) is 9.23. The van der Waals surface area contributed by atoms with Gasteiger partial charge in [-0.3, -0.25) is 4.79 Å². The molecule has 0 atom stereocenters. The van der Waals surface area contributed by atoms with E-state index in [1.807, 2.05) is 24.7 Å². The molecule has 4 rings (SSSR count). The number of anilines is 1. The number of benzene rings is 1. The highest BCUT2D eigenvalue weighted by molar-refractivity contribution is 7.99. The van der Waals surface area contributed by atoms with E-state index in [1.165, 1.54) is 0 Å². The van der Waals surface area contributed by atoms with Crippen LogP contribution in [0.25, 0.3) is 11.0 Å².